The molecule has 0 spiro atoms. The van der Waals surface area contributed by atoms with E-state index in [1.165, 1.54) is 30.6 Å². The van der Waals surface area contributed by atoms with Crippen LogP contribution in [0.1, 0.15) is 56.3 Å². The molecule has 0 bridgehead atoms. The molecular formula is C14H20Cl2O2S. The minimum atomic E-state index is -0.103. The molecule has 0 aliphatic heterocycles. The van der Waals surface area contributed by atoms with Crippen molar-refractivity contribution >= 4 is 40.3 Å². The maximum absolute atomic E-state index is 11.9. The lowest BCUT2D eigenvalue weighted by molar-refractivity contribution is 0.0483. The standard InChI is InChI=1S/C14H20Cl2O2S/c1-3-4-5-6-7-10(2)18-9-12(17)11-8-13(15)19-14(11)16/h8,10H,3-7,9H2,1-2H3. The minimum Gasteiger partial charge on any atom is -0.370 e. The molecule has 0 N–H and O–H groups in total. The Hall–Kier alpha value is -0.0900. The van der Waals surface area contributed by atoms with Crippen LogP contribution < -0.4 is 0 Å². The fourth-order valence-corrected chi connectivity index (χ4v) is 3.27. The SMILES string of the molecule is CCCCCCC(C)OCC(=O)c1cc(Cl)sc1Cl. The van der Waals surface area contributed by atoms with Crippen LogP contribution in [0, 0.1) is 0 Å². The Bertz CT molecular complexity index is 404. The number of unbranched alkanes of at least 4 members (excludes halogenated alkanes) is 3. The van der Waals surface area contributed by atoms with E-state index in [9.17, 15) is 4.79 Å². The van der Waals surface area contributed by atoms with Crippen molar-refractivity contribution in [2.75, 3.05) is 6.61 Å². The molecule has 19 heavy (non-hydrogen) atoms. The molecule has 0 saturated carbocycles. The van der Waals surface area contributed by atoms with E-state index in [2.05, 4.69) is 6.92 Å². The van der Waals surface area contributed by atoms with Gasteiger partial charge in [0.25, 0.3) is 0 Å². The predicted molar refractivity (Wildman–Crippen MR) is 82.8 cm³/mol. The molecule has 1 unspecified atom stereocenters. The number of rotatable bonds is 9. The average Bonchev–Trinajstić information content (AvgIpc) is 2.71. The first-order chi connectivity index (χ1) is 9.04. The van der Waals surface area contributed by atoms with Crippen LogP contribution in [0.4, 0.5) is 0 Å². The molecule has 1 aromatic heterocycles. The van der Waals surface area contributed by atoms with E-state index in [4.69, 9.17) is 27.9 Å². The zero-order valence-electron chi connectivity index (χ0n) is 11.4. The van der Waals surface area contributed by atoms with Gasteiger partial charge in [0.15, 0.2) is 5.78 Å². The number of hydrogen-bond donors (Lipinski definition) is 0. The van der Waals surface area contributed by atoms with Crippen molar-refractivity contribution in [3.63, 3.8) is 0 Å². The predicted octanol–water partition coefficient (Wildman–Crippen LogP) is 5.61. The molecule has 1 atom stereocenters. The lowest BCUT2D eigenvalue weighted by Crippen LogP contribution is -2.15. The second-order valence-electron chi connectivity index (χ2n) is 4.63. The van der Waals surface area contributed by atoms with E-state index in [1.54, 1.807) is 6.07 Å². The van der Waals surface area contributed by atoms with E-state index in [0.717, 1.165) is 12.8 Å². The number of ketones is 1. The Morgan fingerprint density at radius 2 is 2.11 bits per heavy atom. The number of thiophene rings is 1. The minimum absolute atomic E-state index is 0.0712. The lowest BCUT2D eigenvalue weighted by Gasteiger charge is -2.12. The summed E-state index contributed by atoms with van der Waals surface area (Å²) < 4.78 is 6.52. The van der Waals surface area contributed by atoms with Gasteiger partial charge in [-0.05, 0) is 19.4 Å². The molecule has 108 valence electrons. The summed E-state index contributed by atoms with van der Waals surface area (Å²) in [4.78, 5) is 11.9. The van der Waals surface area contributed by atoms with E-state index in [1.807, 2.05) is 6.92 Å². The first-order valence-corrected chi connectivity index (χ1v) is 8.21. The van der Waals surface area contributed by atoms with Crippen LogP contribution in [0.2, 0.25) is 8.67 Å². The molecular weight excluding hydrogens is 303 g/mol. The topological polar surface area (TPSA) is 26.3 Å². The summed E-state index contributed by atoms with van der Waals surface area (Å²) in [5.74, 6) is -0.103. The third-order valence-electron chi connectivity index (χ3n) is 2.92. The van der Waals surface area contributed by atoms with Gasteiger partial charge >= 0.3 is 0 Å². The Kier molecular flexibility index (Phi) is 8.00. The van der Waals surface area contributed by atoms with Crippen molar-refractivity contribution < 1.29 is 9.53 Å². The number of carbonyl (C=O) groups excluding carboxylic acids is 1. The van der Waals surface area contributed by atoms with Gasteiger partial charge in [0.2, 0.25) is 0 Å². The van der Waals surface area contributed by atoms with Gasteiger partial charge in [0.05, 0.1) is 16.0 Å². The summed E-state index contributed by atoms with van der Waals surface area (Å²) in [6.45, 7) is 4.26. The number of hydrogen-bond acceptors (Lipinski definition) is 3. The summed E-state index contributed by atoms with van der Waals surface area (Å²) in [7, 11) is 0. The maximum Gasteiger partial charge on any atom is 0.190 e. The number of carbonyl (C=O) groups is 1. The van der Waals surface area contributed by atoms with Crippen molar-refractivity contribution in [2.24, 2.45) is 0 Å². The van der Waals surface area contributed by atoms with Crippen LogP contribution in [-0.2, 0) is 4.74 Å². The fraction of sp³-hybridized carbons (Fsp3) is 0.643. The van der Waals surface area contributed by atoms with Crippen molar-refractivity contribution in [1.29, 1.82) is 0 Å². The van der Waals surface area contributed by atoms with Gasteiger partial charge in [-0.2, -0.15) is 0 Å². The number of Topliss-reactive ketones (excluding diaryl/α,β-unsaturated/α-hetero) is 1. The molecule has 1 rings (SSSR count). The molecule has 0 aliphatic carbocycles. The van der Waals surface area contributed by atoms with E-state index >= 15 is 0 Å². The van der Waals surface area contributed by atoms with Crippen LogP contribution in [0.5, 0.6) is 0 Å². The zero-order valence-corrected chi connectivity index (χ0v) is 13.7. The van der Waals surface area contributed by atoms with Crippen molar-refractivity contribution in [1.82, 2.24) is 0 Å². The first-order valence-electron chi connectivity index (χ1n) is 6.64. The van der Waals surface area contributed by atoms with Gasteiger partial charge in [-0.15, -0.1) is 11.3 Å². The molecule has 0 amide bonds. The molecule has 0 fully saturated rings. The highest BCUT2D eigenvalue weighted by Crippen LogP contribution is 2.31. The van der Waals surface area contributed by atoms with Crippen molar-refractivity contribution in [3.05, 3.63) is 20.3 Å². The highest BCUT2D eigenvalue weighted by molar-refractivity contribution is 7.20. The second-order valence-corrected chi connectivity index (χ2v) is 6.92. The first kappa shape index (κ1) is 17.0. The molecule has 1 aromatic rings. The van der Waals surface area contributed by atoms with E-state index in [-0.39, 0.29) is 18.5 Å². The summed E-state index contributed by atoms with van der Waals surface area (Å²) in [6.07, 6.45) is 5.96. The molecule has 0 radical (unpaired) electrons. The largest absolute Gasteiger partial charge is 0.370 e. The molecule has 1 heterocycles. The molecule has 2 nitrogen and oxygen atoms in total. The normalized spacial score (nSPS) is 12.6. The van der Waals surface area contributed by atoms with Crippen LogP contribution in [-0.4, -0.2) is 18.5 Å². The summed E-state index contributed by atoms with van der Waals surface area (Å²) in [5.41, 5.74) is 0.467. The van der Waals surface area contributed by atoms with Gasteiger partial charge in [-0.3, -0.25) is 4.79 Å². The van der Waals surface area contributed by atoms with Crippen LogP contribution in [0.15, 0.2) is 6.07 Å². The number of ether oxygens (including phenoxy) is 1. The van der Waals surface area contributed by atoms with Gasteiger partial charge in [-0.1, -0.05) is 55.8 Å². The van der Waals surface area contributed by atoms with E-state index in [0.29, 0.717) is 14.2 Å². The summed E-state index contributed by atoms with van der Waals surface area (Å²) in [5, 5.41) is 0. The molecule has 0 aliphatic rings. The smallest absolute Gasteiger partial charge is 0.190 e. The Balaban J connectivity index is 2.28. The lowest BCUT2D eigenvalue weighted by atomic mass is 10.1. The Morgan fingerprint density at radius 1 is 1.37 bits per heavy atom. The summed E-state index contributed by atoms with van der Waals surface area (Å²) >= 11 is 12.9. The summed E-state index contributed by atoms with van der Waals surface area (Å²) in [6, 6.07) is 1.60. The van der Waals surface area contributed by atoms with Crippen LogP contribution >= 0.6 is 34.5 Å². The third-order valence-corrected chi connectivity index (χ3v) is 4.41. The van der Waals surface area contributed by atoms with Crippen LogP contribution in [0.25, 0.3) is 0 Å². The fourth-order valence-electron chi connectivity index (χ4n) is 1.77. The van der Waals surface area contributed by atoms with Gasteiger partial charge in [-0.25, -0.2) is 0 Å². The van der Waals surface area contributed by atoms with Gasteiger partial charge < -0.3 is 4.74 Å². The second kappa shape index (κ2) is 8.96. The molecule has 0 saturated heterocycles. The number of halogens is 2. The zero-order chi connectivity index (χ0) is 14.3. The highest BCUT2D eigenvalue weighted by atomic mass is 35.5. The van der Waals surface area contributed by atoms with Crippen molar-refractivity contribution in [3.8, 4) is 0 Å². The third kappa shape index (κ3) is 6.26. The Labute approximate surface area is 129 Å². The average molecular weight is 323 g/mol. The maximum atomic E-state index is 11.9. The van der Waals surface area contributed by atoms with Crippen LogP contribution in [0.3, 0.4) is 0 Å². The Morgan fingerprint density at radius 3 is 2.68 bits per heavy atom. The van der Waals surface area contributed by atoms with E-state index < -0.39 is 0 Å². The quantitative estimate of drug-likeness (QED) is 0.436. The monoisotopic (exact) mass is 322 g/mol. The highest BCUT2D eigenvalue weighted by Gasteiger charge is 2.15. The molecule has 5 heteroatoms. The van der Waals surface area contributed by atoms with Crippen molar-refractivity contribution in [2.45, 2.75) is 52.1 Å². The molecule has 0 aromatic carbocycles. The van der Waals surface area contributed by atoms with Gasteiger partial charge in [0.1, 0.15) is 10.9 Å². The van der Waals surface area contributed by atoms with Gasteiger partial charge in [0, 0.05) is 0 Å².